The largest absolute Gasteiger partial charge is 0.395 e. The van der Waals surface area contributed by atoms with Crippen molar-refractivity contribution in [3.05, 3.63) is 0 Å². The van der Waals surface area contributed by atoms with E-state index in [-0.39, 0.29) is 12.6 Å². The number of rotatable bonds is 6. The molecule has 1 fully saturated rings. The van der Waals surface area contributed by atoms with Crippen LogP contribution in [0.15, 0.2) is 0 Å². The van der Waals surface area contributed by atoms with Crippen molar-refractivity contribution >= 4 is 0 Å². The van der Waals surface area contributed by atoms with Crippen LogP contribution in [-0.2, 0) is 0 Å². The van der Waals surface area contributed by atoms with Gasteiger partial charge in [-0.1, -0.05) is 6.92 Å². The van der Waals surface area contributed by atoms with Crippen LogP contribution in [0.4, 0.5) is 0 Å². The summed E-state index contributed by atoms with van der Waals surface area (Å²) in [6, 6.07) is 0.259. The number of hydrogen-bond acceptors (Lipinski definition) is 4. The Balaban J connectivity index is 2.12. The molecule has 0 aromatic heterocycles. The van der Waals surface area contributed by atoms with Crippen molar-refractivity contribution in [2.75, 3.05) is 52.9 Å². The topological polar surface area (TPSA) is 38.7 Å². The first-order valence-electron chi connectivity index (χ1n) is 6.03. The zero-order valence-electron chi connectivity index (χ0n) is 10.1. The van der Waals surface area contributed by atoms with E-state index in [0.29, 0.717) is 0 Å². The molecule has 1 rings (SSSR count). The van der Waals surface area contributed by atoms with Crippen molar-refractivity contribution in [3.63, 3.8) is 0 Å². The number of aliphatic hydroxyl groups excluding tert-OH is 1. The van der Waals surface area contributed by atoms with Gasteiger partial charge in [0.2, 0.25) is 0 Å². The Morgan fingerprint density at radius 3 is 2.27 bits per heavy atom. The predicted molar refractivity (Wildman–Crippen MR) is 63.1 cm³/mol. The molecule has 0 aromatic rings. The summed E-state index contributed by atoms with van der Waals surface area (Å²) in [6.45, 7) is 9.47. The number of likely N-dealkylation sites (N-methyl/N-ethyl adjacent to an activating group) is 2. The number of piperazine rings is 1. The highest BCUT2D eigenvalue weighted by Crippen LogP contribution is 2.03. The van der Waals surface area contributed by atoms with E-state index in [9.17, 15) is 0 Å². The molecule has 1 aliphatic heterocycles. The average molecular weight is 215 g/mol. The summed E-state index contributed by atoms with van der Waals surface area (Å²) in [7, 11) is 1.91. The SMILES string of the molecule is CCN1CCN(CCC(CO)NC)CC1. The Morgan fingerprint density at radius 2 is 1.80 bits per heavy atom. The fraction of sp³-hybridized carbons (Fsp3) is 1.00. The lowest BCUT2D eigenvalue weighted by atomic mass is 10.2. The molecule has 0 aliphatic carbocycles. The predicted octanol–water partition coefficient (Wildman–Crippen LogP) is -0.406. The first-order chi connectivity index (χ1) is 7.30. The Hall–Kier alpha value is -0.160. The summed E-state index contributed by atoms with van der Waals surface area (Å²) in [5.74, 6) is 0. The number of nitrogens with one attached hydrogen (secondary N) is 1. The molecule has 1 aliphatic rings. The van der Waals surface area contributed by atoms with Gasteiger partial charge in [0.05, 0.1) is 6.61 Å². The molecule has 0 aromatic carbocycles. The molecule has 1 saturated heterocycles. The summed E-state index contributed by atoms with van der Waals surface area (Å²) < 4.78 is 0. The maximum absolute atomic E-state index is 9.05. The molecule has 2 N–H and O–H groups in total. The number of hydrogen-bond donors (Lipinski definition) is 2. The van der Waals surface area contributed by atoms with Crippen LogP contribution in [0.5, 0.6) is 0 Å². The molecule has 0 saturated carbocycles. The van der Waals surface area contributed by atoms with Crippen LogP contribution >= 0.6 is 0 Å². The highest BCUT2D eigenvalue weighted by molar-refractivity contribution is 4.73. The highest BCUT2D eigenvalue weighted by Gasteiger charge is 2.15. The molecular weight excluding hydrogens is 190 g/mol. The van der Waals surface area contributed by atoms with Crippen molar-refractivity contribution in [1.29, 1.82) is 0 Å². The second-order valence-corrected chi connectivity index (χ2v) is 4.23. The molecular formula is C11H25N3O. The second-order valence-electron chi connectivity index (χ2n) is 4.23. The van der Waals surface area contributed by atoms with Gasteiger partial charge in [0.25, 0.3) is 0 Å². The van der Waals surface area contributed by atoms with E-state index in [1.54, 1.807) is 0 Å². The fourth-order valence-corrected chi connectivity index (χ4v) is 1.99. The van der Waals surface area contributed by atoms with Crippen molar-refractivity contribution in [3.8, 4) is 0 Å². The van der Waals surface area contributed by atoms with Crippen LogP contribution < -0.4 is 5.32 Å². The van der Waals surface area contributed by atoms with Gasteiger partial charge in [-0.2, -0.15) is 0 Å². The first kappa shape index (κ1) is 12.9. The molecule has 15 heavy (non-hydrogen) atoms. The van der Waals surface area contributed by atoms with Crippen molar-refractivity contribution in [1.82, 2.24) is 15.1 Å². The molecule has 1 atom stereocenters. The molecule has 90 valence electrons. The smallest absolute Gasteiger partial charge is 0.0585 e. The monoisotopic (exact) mass is 215 g/mol. The Morgan fingerprint density at radius 1 is 1.20 bits per heavy atom. The van der Waals surface area contributed by atoms with Gasteiger partial charge in [-0.15, -0.1) is 0 Å². The van der Waals surface area contributed by atoms with Crippen molar-refractivity contribution < 1.29 is 5.11 Å². The van der Waals surface area contributed by atoms with Crippen molar-refractivity contribution in [2.24, 2.45) is 0 Å². The molecule has 1 heterocycles. The van der Waals surface area contributed by atoms with Gasteiger partial charge in [-0.05, 0) is 26.6 Å². The minimum Gasteiger partial charge on any atom is -0.395 e. The molecule has 1 unspecified atom stereocenters. The van der Waals surface area contributed by atoms with Gasteiger partial charge in [0.1, 0.15) is 0 Å². The summed E-state index contributed by atoms with van der Waals surface area (Å²) in [5.41, 5.74) is 0. The maximum Gasteiger partial charge on any atom is 0.0585 e. The third kappa shape index (κ3) is 4.47. The second kappa shape index (κ2) is 7.17. The van der Waals surface area contributed by atoms with E-state index in [2.05, 4.69) is 22.0 Å². The molecule has 0 bridgehead atoms. The zero-order valence-corrected chi connectivity index (χ0v) is 10.1. The number of nitrogens with zero attached hydrogens (tertiary/aromatic N) is 2. The highest BCUT2D eigenvalue weighted by atomic mass is 16.3. The van der Waals surface area contributed by atoms with Crippen LogP contribution in [0.25, 0.3) is 0 Å². The Kier molecular flexibility index (Phi) is 6.17. The average Bonchev–Trinajstić information content (AvgIpc) is 2.31. The summed E-state index contributed by atoms with van der Waals surface area (Å²) in [6.07, 6.45) is 1.04. The van der Waals surface area contributed by atoms with Gasteiger partial charge in [-0.3, -0.25) is 0 Å². The van der Waals surface area contributed by atoms with E-state index >= 15 is 0 Å². The Labute approximate surface area is 93.2 Å². The van der Waals surface area contributed by atoms with E-state index in [1.165, 1.54) is 32.7 Å². The van der Waals surface area contributed by atoms with Crippen LogP contribution in [0, 0.1) is 0 Å². The van der Waals surface area contributed by atoms with E-state index in [1.807, 2.05) is 7.05 Å². The lowest BCUT2D eigenvalue weighted by molar-refractivity contribution is 0.128. The van der Waals surface area contributed by atoms with E-state index in [0.717, 1.165) is 13.0 Å². The Bertz CT molecular complexity index is 154. The zero-order chi connectivity index (χ0) is 11.1. The summed E-state index contributed by atoms with van der Waals surface area (Å²) in [5, 5.41) is 12.2. The van der Waals surface area contributed by atoms with Crippen LogP contribution in [0.2, 0.25) is 0 Å². The summed E-state index contributed by atoms with van der Waals surface area (Å²) in [4.78, 5) is 4.98. The van der Waals surface area contributed by atoms with Gasteiger partial charge < -0.3 is 20.2 Å². The van der Waals surface area contributed by atoms with Gasteiger partial charge in [-0.25, -0.2) is 0 Å². The molecule has 4 heteroatoms. The minimum atomic E-state index is 0.241. The van der Waals surface area contributed by atoms with Gasteiger partial charge >= 0.3 is 0 Å². The minimum absolute atomic E-state index is 0.241. The fourth-order valence-electron chi connectivity index (χ4n) is 1.99. The lowest BCUT2D eigenvalue weighted by Gasteiger charge is -2.34. The van der Waals surface area contributed by atoms with Gasteiger partial charge in [0, 0.05) is 32.2 Å². The van der Waals surface area contributed by atoms with E-state index in [4.69, 9.17) is 5.11 Å². The lowest BCUT2D eigenvalue weighted by Crippen LogP contribution is -2.47. The van der Waals surface area contributed by atoms with Gasteiger partial charge in [0.15, 0.2) is 0 Å². The van der Waals surface area contributed by atoms with Crippen molar-refractivity contribution in [2.45, 2.75) is 19.4 Å². The normalized spacial score (nSPS) is 21.8. The first-order valence-corrected chi connectivity index (χ1v) is 6.03. The standard InChI is InChI=1S/C11H25N3O/c1-3-13-6-8-14(9-7-13)5-4-11(10-15)12-2/h11-12,15H,3-10H2,1-2H3. The quantitative estimate of drug-likeness (QED) is 0.632. The third-order valence-electron chi connectivity index (χ3n) is 3.33. The van der Waals surface area contributed by atoms with E-state index < -0.39 is 0 Å². The molecule has 0 amide bonds. The maximum atomic E-state index is 9.05. The van der Waals surface area contributed by atoms with Crippen LogP contribution in [0.1, 0.15) is 13.3 Å². The third-order valence-corrected chi connectivity index (χ3v) is 3.33. The van der Waals surface area contributed by atoms with Crippen LogP contribution in [0.3, 0.4) is 0 Å². The molecule has 4 nitrogen and oxygen atoms in total. The molecule has 0 radical (unpaired) electrons. The summed E-state index contributed by atoms with van der Waals surface area (Å²) >= 11 is 0. The number of aliphatic hydroxyl groups is 1. The molecule has 0 spiro atoms. The van der Waals surface area contributed by atoms with Crippen LogP contribution in [-0.4, -0.2) is 73.9 Å².